The summed E-state index contributed by atoms with van der Waals surface area (Å²) in [4.78, 5) is 13.8. The van der Waals surface area contributed by atoms with E-state index in [1.165, 1.54) is 0 Å². The molecule has 1 heterocycles. The SMILES string of the molecule is CCC(C)N(CC)C(=O)c1cn[nH]c1. The topological polar surface area (TPSA) is 49.0 Å². The molecule has 0 radical (unpaired) electrons. The number of nitrogens with one attached hydrogen (secondary N) is 1. The third kappa shape index (κ3) is 2.13. The zero-order valence-corrected chi connectivity index (χ0v) is 8.95. The molecule has 0 aromatic carbocycles. The lowest BCUT2D eigenvalue weighted by Gasteiger charge is -2.26. The predicted molar refractivity (Wildman–Crippen MR) is 55.1 cm³/mol. The van der Waals surface area contributed by atoms with Crippen LogP contribution in [0.5, 0.6) is 0 Å². The van der Waals surface area contributed by atoms with E-state index in [1.54, 1.807) is 12.4 Å². The van der Waals surface area contributed by atoms with Crippen LogP contribution in [0, 0.1) is 0 Å². The minimum atomic E-state index is 0.0515. The van der Waals surface area contributed by atoms with Gasteiger partial charge in [-0.3, -0.25) is 9.89 Å². The van der Waals surface area contributed by atoms with Gasteiger partial charge in [0.15, 0.2) is 0 Å². The Hall–Kier alpha value is -1.32. The quantitative estimate of drug-likeness (QED) is 0.794. The van der Waals surface area contributed by atoms with Crippen molar-refractivity contribution >= 4 is 5.91 Å². The fourth-order valence-electron chi connectivity index (χ4n) is 1.41. The Bertz CT molecular complexity index is 282. The van der Waals surface area contributed by atoms with E-state index in [0.29, 0.717) is 5.56 Å². The van der Waals surface area contributed by atoms with Crippen LogP contribution in [0.25, 0.3) is 0 Å². The Morgan fingerprint density at radius 1 is 1.64 bits per heavy atom. The number of amides is 1. The zero-order chi connectivity index (χ0) is 10.6. The Morgan fingerprint density at radius 2 is 2.36 bits per heavy atom. The highest BCUT2D eigenvalue weighted by molar-refractivity contribution is 5.93. The normalized spacial score (nSPS) is 12.5. The third-order valence-electron chi connectivity index (χ3n) is 2.47. The van der Waals surface area contributed by atoms with Crippen molar-refractivity contribution in [3.63, 3.8) is 0 Å². The van der Waals surface area contributed by atoms with Crippen LogP contribution in [-0.4, -0.2) is 33.6 Å². The summed E-state index contributed by atoms with van der Waals surface area (Å²) in [5.41, 5.74) is 0.632. The molecule has 0 fully saturated rings. The summed E-state index contributed by atoms with van der Waals surface area (Å²) in [5, 5.41) is 6.42. The number of rotatable bonds is 4. The molecule has 1 rings (SSSR count). The second-order valence-electron chi connectivity index (χ2n) is 3.34. The molecule has 0 saturated carbocycles. The molecule has 0 aliphatic heterocycles. The van der Waals surface area contributed by atoms with E-state index in [9.17, 15) is 4.79 Å². The molecular formula is C10H17N3O. The molecule has 0 spiro atoms. The second kappa shape index (κ2) is 4.79. The fraction of sp³-hybridized carbons (Fsp3) is 0.600. The number of hydrogen-bond donors (Lipinski definition) is 1. The monoisotopic (exact) mass is 195 g/mol. The van der Waals surface area contributed by atoms with Gasteiger partial charge in [0.05, 0.1) is 11.8 Å². The van der Waals surface area contributed by atoms with E-state index in [2.05, 4.69) is 24.0 Å². The second-order valence-corrected chi connectivity index (χ2v) is 3.34. The Kier molecular flexibility index (Phi) is 3.68. The molecule has 1 amide bonds. The Balaban J connectivity index is 2.75. The highest BCUT2D eigenvalue weighted by Crippen LogP contribution is 2.08. The van der Waals surface area contributed by atoms with Crippen LogP contribution >= 0.6 is 0 Å². The van der Waals surface area contributed by atoms with Gasteiger partial charge < -0.3 is 4.90 Å². The number of carbonyl (C=O) groups is 1. The molecule has 1 aromatic rings. The van der Waals surface area contributed by atoms with E-state index in [1.807, 2.05) is 11.8 Å². The van der Waals surface area contributed by atoms with Gasteiger partial charge in [0.1, 0.15) is 0 Å². The molecule has 4 heteroatoms. The lowest BCUT2D eigenvalue weighted by atomic mass is 10.2. The number of nitrogens with zero attached hydrogens (tertiary/aromatic N) is 2. The zero-order valence-electron chi connectivity index (χ0n) is 8.95. The molecule has 0 bridgehead atoms. The van der Waals surface area contributed by atoms with Crippen LogP contribution in [0.2, 0.25) is 0 Å². The number of aromatic amines is 1. The summed E-state index contributed by atoms with van der Waals surface area (Å²) in [7, 11) is 0. The molecule has 1 aromatic heterocycles. The van der Waals surface area contributed by atoms with Gasteiger partial charge in [-0.15, -0.1) is 0 Å². The predicted octanol–water partition coefficient (Wildman–Crippen LogP) is 1.67. The van der Waals surface area contributed by atoms with Crippen LogP contribution < -0.4 is 0 Å². The first-order chi connectivity index (χ1) is 6.70. The average Bonchev–Trinajstić information content (AvgIpc) is 2.71. The van der Waals surface area contributed by atoms with Crippen molar-refractivity contribution in [2.75, 3.05) is 6.54 Å². The van der Waals surface area contributed by atoms with Gasteiger partial charge in [0.25, 0.3) is 5.91 Å². The third-order valence-corrected chi connectivity index (χ3v) is 2.47. The molecule has 0 saturated heterocycles. The minimum absolute atomic E-state index is 0.0515. The Morgan fingerprint density at radius 3 is 2.79 bits per heavy atom. The van der Waals surface area contributed by atoms with Crippen molar-refractivity contribution in [2.24, 2.45) is 0 Å². The van der Waals surface area contributed by atoms with E-state index >= 15 is 0 Å². The molecule has 1 unspecified atom stereocenters. The van der Waals surface area contributed by atoms with Crippen molar-refractivity contribution in [1.82, 2.24) is 15.1 Å². The van der Waals surface area contributed by atoms with Crippen LogP contribution in [0.3, 0.4) is 0 Å². The van der Waals surface area contributed by atoms with Gasteiger partial charge in [-0.2, -0.15) is 5.10 Å². The molecule has 1 atom stereocenters. The number of carbonyl (C=O) groups excluding carboxylic acids is 1. The maximum Gasteiger partial charge on any atom is 0.257 e. The van der Waals surface area contributed by atoms with Crippen molar-refractivity contribution in [3.8, 4) is 0 Å². The minimum Gasteiger partial charge on any atom is -0.336 e. The van der Waals surface area contributed by atoms with Crippen LogP contribution in [0.4, 0.5) is 0 Å². The molecular weight excluding hydrogens is 178 g/mol. The summed E-state index contributed by atoms with van der Waals surface area (Å²) in [6, 6.07) is 0.280. The first-order valence-corrected chi connectivity index (χ1v) is 5.00. The molecule has 4 nitrogen and oxygen atoms in total. The van der Waals surface area contributed by atoms with E-state index in [-0.39, 0.29) is 11.9 Å². The molecule has 0 aliphatic rings. The van der Waals surface area contributed by atoms with Gasteiger partial charge in [0, 0.05) is 18.8 Å². The maximum absolute atomic E-state index is 11.9. The Labute approximate surface area is 84.3 Å². The standard InChI is InChI=1S/C10H17N3O/c1-4-8(3)13(5-2)10(14)9-6-11-12-7-9/h6-8H,4-5H2,1-3H3,(H,11,12). The highest BCUT2D eigenvalue weighted by atomic mass is 16.2. The number of H-pyrrole nitrogens is 1. The van der Waals surface area contributed by atoms with Crippen molar-refractivity contribution in [2.45, 2.75) is 33.2 Å². The summed E-state index contributed by atoms with van der Waals surface area (Å²) in [6.45, 7) is 6.86. The summed E-state index contributed by atoms with van der Waals surface area (Å²) in [6.07, 6.45) is 4.16. The summed E-state index contributed by atoms with van der Waals surface area (Å²) in [5.74, 6) is 0.0515. The van der Waals surface area contributed by atoms with E-state index in [0.717, 1.165) is 13.0 Å². The number of aromatic nitrogens is 2. The lowest BCUT2D eigenvalue weighted by Crippen LogP contribution is -2.37. The van der Waals surface area contributed by atoms with Crippen molar-refractivity contribution < 1.29 is 4.79 Å². The molecule has 78 valence electrons. The largest absolute Gasteiger partial charge is 0.336 e. The van der Waals surface area contributed by atoms with Gasteiger partial charge in [-0.05, 0) is 20.3 Å². The summed E-state index contributed by atoms with van der Waals surface area (Å²) < 4.78 is 0. The van der Waals surface area contributed by atoms with Crippen molar-refractivity contribution in [3.05, 3.63) is 18.0 Å². The van der Waals surface area contributed by atoms with Crippen molar-refractivity contribution in [1.29, 1.82) is 0 Å². The summed E-state index contributed by atoms with van der Waals surface area (Å²) >= 11 is 0. The van der Waals surface area contributed by atoms with E-state index < -0.39 is 0 Å². The molecule has 0 aliphatic carbocycles. The number of hydrogen-bond acceptors (Lipinski definition) is 2. The first kappa shape index (κ1) is 10.8. The van der Waals surface area contributed by atoms with Gasteiger partial charge in [-0.1, -0.05) is 6.92 Å². The molecule has 1 N–H and O–H groups in total. The van der Waals surface area contributed by atoms with Crippen LogP contribution in [-0.2, 0) is 0 Å². The van der Waals surface area contributed by atoms with Gasteiger partial charge in [-0.25, -0.2) is 0 Å². The van der Waals surface area contributed by atoms with Gasteiger partial charge >= 0.3 is 0 Å². The average molecular weight is 195 g/mol. The smallest absolute Gasteiger partial charge is 0.257 e. The van der Waals surface area contributed by atoms with Gasteiger partial charge in [0.2, 0.25) is 0 Å². The lowest BCUT2D eigenvalue weighted by molar-refractivity contribution is 0.0700. The fourth-order valence-corrected chi connectivity index (χ4v) is 1.41. The van der Waals surface area contributed by atoms with E-state index in [4.69, 9.17) is 0 Å². The van der Waals surface area contributed by atoms with Crippen LogP contribution in [0.1, 0.15) is 37.6 Å². The first-order valence-electron chi connectivity index (χ1n) is 5.00. The molecule has 14 heavy (non-hydrogen) atoms. The highest BCUT2D eigenvalue weighted by Gasteiger charge is 2.18. The van der Waals surface area contributed by atoms with Crippen LogP contribution in [0.15, 0.2) is 12.4 Å². The maximum atomic E-state index is 11.9.